The molecule has 1 N–H and O–H groups in total. The molecule has 3 rings (SSSR count). The zero-order chi connectivity index (χ0) is 13.9. The van der Waals surface area contributed by atoms with Crippen molar-refractivity contribution < 1.29 is 0 Å². The van der Waals surface area contributed by atoms with Crippen molar-refractivity contribution in [2.45, 2.75) is 13.0 Å². The molecule has 0 aliphatic rings. The van der Waals surface area contributed by atoms with Crippen molar-refractivity contribution >= 4 is 10.9 Å². The van der Waals surface area contributed by atoms with E-state index in [9.17, 15) is 0 Å². The largest absolute Gasteiger partial charge is 0.305 e. The minimum atomic E-state index is 0.963. The summed E-state index contributed by atoms with van der Waals surface area (Å²) in [4.78, 5) is 2.21. The van der Waals surface area contributed by atoms with Crippen LogP contribution < -0.4 is 0 Å². The van der Waals surface area contributed by atoms with Crippen molar-refractivity contribution in [2.75, 3.05) is 14.1 Å². The fraction of sp³-hybridized carbons (Fsp3) is 0.235. The lowest BCUT2D eigenvalue weighted by molar-refractivity contribution is 0.401. The Morgan fingerprint density at radius 2 is 1.85 bits per heavy atom. The molecule has 102 valence electrons. The van der Waals surface area contributed by atoms with Gasteiger partial charge in [-0.1, -0.05) is 30.3 Å². The van der Waals surface area contributed by atoms with Crippen LogP contribution in [-0.2, 0) is 13.0 Å². The third-order valence-corrected chi connectivity index (χ3v) is 3.50. The Bertz CT molecular complexity index is 713. The van der Waals surface area contributed by atoms with Gasteiger partial charge >= 0.3 is 0 Å². The molecular formula is C17H19N3. The van der Waals surface area contributed by atoms with Crippen molar-refractivity contribution in [1.82, 2.24) is 15.1 Å². The maximum atomic E-state index is 4.07. The average Bonchev–Trinajstić information content (AvgIpc) is 2.88. The molecule has 2 aromatic carbocycles. The van der Waals surface area contributed by atoms with Crippen LogP contribution >= 0.6 is 0 Å². The average molecular weight is 265 g/mol. The van der Waals surface area contributed by atoms with E-state index in [2.05, 4.69) is 71.7 Å². The van der Waals surface area contributed by atoms with Crippen molar-refractivity contribution in [2.24, 2.45) is 0 Å². The third-order valence-electron chi connectivity index (χ3n) is 3.50. The first-order valence-corrected chi connectivity index (χ1v) is 6.86. The number of hydrogen-bond acceptors (Lipinski definition) is 2. The van der Waals surface area contributed by atoms with Crippen molar-refractivity contribution in [3.63, 3.8) is 0 Å². The lowest BCUT2D eigenvalue weighted by Crippen LogP contribution is -2.12. The second-order valence-electron chi connectivity index (χ2n) is 5.47. The fourth-order valence-corrected chi connectivity index (χ4v) is 2.55. The van der Waals surface area contributed by atoms with Crippen LogP contribution in [0.1, 0.15) is 16.7 Å². The maximum absolute atomic E-state index is 4.07. The van der Waals surface area contributed by atoms with Crippen LogP contribution in [0.15, 0.2) is 48.7 Å². The Morgan fingerprint density at radius 3 is 2.65 bits per heavy atom. The summed E-state index contributed by atoms with van der Waals surface area (Å²) in [5.41, 5.74) is 5.20. The topological polar surface area (TPSA) is 31.9 Å². The van der Waals surface area contributed by atoms with E-state index in [-0.39, 0.29) is 0 Å². The summed E-state index contributed by atoms with van der Waals surface area (Å²) in [6.45, 7) is 0.976. The Morgan fingerprint density at radius 1 is 1.05 bits per heavy atom. The summed E-state index contributed by atoms with van der Waals surface area (Å²) < 4.78 is 0. The highest BCUT2D eigenvalue weighted by Crippen LogP contribution is 2.19. The van der Waals surface area contributed by atoms with Gasteiger partial charge in [0.25, 0.3) is 0 Å². The van der Waals surface area contributed by atoms with E-state index in [1.807, 2.05) is 6.20 Å². The van der Waals surface area contributed by atoms with Gasteiger partial charge in [0.15, 0.2) is 0 Å². The van der Waals surface area contributed by atoms with Gasteiger partial charge in [-0.3, -0.25) is 5.10 Å². The van der Waals surface area contributed by atoms with Gasteiger partial charge in [0, 0.05) is 11.9 Å². The molecule has 0 atom stereocenters. The molecule has 0 unspecified atom stereocenters. The molecule has 0 amide bonds. The van der Waals surface area contributed by atoms with Gasteiger partial charge in [0.05, 0.1) is 11.7 Å². The molecule has 3 aromatic rings. The SMILES string of the molecule is CN(C)Cc1ccccc1Cc1ccc2[nH]ncc2c1. The zero-order valence-electron chi connectivity index (χ0n) is 11.9. The van der Waals surface area contributed by atoms with Gasteiger partial charge in [0.2, 0.25) is 0 Å². The highest BCUT2D eigenvalue weighted by molar-refractivity contribution is 5.78. The van der Waals surface area contributed by atoms with E-state index >= 15 is 0 Å². The normalized spacial score (nSPS) is 11.3. The predicted molar refractivity (Wildman–Crippen MR) is 82.7 cm³/mol. The van der Waals surface area contributed by atoms with E-state index in [1.165, 1.54) is 22.1 Å². The summed E-state index contributed by atoms with van der Waals surface area (Å²) in [5, 5.41) is 8.24. The molecular weight excluding hydrogens is 246 g/mol. The van der Waals surface area contributed by atoms with Crippen LogP contribution in [0.2, 0.25) is 0 Å². The Balaban J connectivity index is 1.90. The van der Waals surface area contributed by atoms with E-state index < -0.39 is 0 Å². The van der Waals surface area contributed by atoms with Crippen LogP contribution in [0.4, 0.5) is 0 Å². The van der Waals surface area contributed by atoms with Crippen LogP contribution in [0.5, 0.6) is 0 Å². The molecule has 1 aromatic heterocycles. The number of H-pyrrole nitrogens is 1. The van der Waals surface area contributed by atoms with Crippen molar-refractivity contribution in [3.8, 4) is 0 Å². The van der Waals surface area contributed by atoms with Gasteiger partial charge in [-0.25, -0.2) is 0 Å². The lowest BCUT2D eigenvalue weighted by Gasteiger charge is -2.14. The van der Waals surface area contributed by atoms with Gasteiger partial charge in [-0.15, -0.1) is 0 Å². The van der Waals surface area contributed by atoms with Crippen LogP contribution in [0.25, 0.3) is 10.9 Å². The predicted octanol–water partition coefficient (Wildman–Crippen LogP) is 3.22. The minimum Gasteiger partial charge on any atom is -0.305 e. The number of hydrogen-bond donors (Lipinski definition) is 1. The second-order valence-corrected chi connectivity index (χ2v) is 5.47. The molecule has 20 heavy (non-hydrogen) atoms. The van der Waals surface area contributed by atoms with E-state index in [0.717, 1.165) is 18.5 Å². The first kappa shape index (κ1) is 12.9. The standard InChI is InChI=1S/C17H19N3/c1-20(2)12-15-6-4-3-5-14(15)9-13-7-8-17-16(10-13)11-18-19-17/h3-8,10-11H,9,12H2,1-2H3,(H,18,19). The molecule has 0 radical (unpaired) electrons. The molecule has 0 aliphatic carbocycles. The summed E-state index contributed by atoms with van der Waals surface area (Å²) in [5.74, 6) is 0. The number of aromatic amines is 1. The fourth-order valence-electron chi connectivity index (χ4n) is 2.55. The highest BCUT2D eigenvalue weighted by Gasteiger charge is 2.05. The monoisotopic (exact) mass is 265 g/mol. The number of nitrogens with one attached hydrogen (secondary N) is 1. The second kappa shape index (κ2) is 5.47. The van der Waals surface area contributed by atoms with E-state index in [1.54, 1.807) is 0 Å². The molecule has 0 spiro atoms. The quantitative estimate of drug-likeness (QED) is 0.785. The molecule has 0 bridgehead atoms. The van der Waals surface area contributed by atoms with Gasteiger partial charge in [0.1, 0.15) is 0 Å². The van der Waals surface area contributed by atoms with Crippen molar-refractivity contribution in [1.29, 1.82) is 0 Å². The van der Waals surface area contributed by atoms with Crippen molar-refractivity contribution in [3.05, 3.63) is 65.4 Å². The number of nitrogens with zero attached hydrogens (tertiary/aromatic N) is 2. The summed E-state index contributed by atoms with van der Waals surface area (Å²) in [6, 6.07) is 15.2. The van der Waals surface area contributed by atoms with E-state index in [0.29, 0.717) is 0 Å². The molecule has 0 aliphatic heterocycles. The first-order valence-electron chi connectivity index (χ1n) is 6.86. The van der Waals surface area contributed by atoms with Gasteiger partial charge < -0.3 is 4.90 Å². The van der Waals surface area contributed by atoms with E-state index in [4.69, 9.17) is 0 Å². The summed E-state index contributed by atoms with van der Waals surface area (Å²) >= 11 is 0. The lowest BCUT2D eigenvalue weighted by atomic mass is 9.99. The number of rotatable bonds is 4. The summed E-state index contributed by atoms with van der Waals surface area (Å²) in [6.07, 6.45) is 2.84. The molecule has 1 heterocycles. The van der Waals surface area contributed by atoms with Gasteiger partial charge in [-0.05, 0) is 49.3 Å². The molecule has 3 heteroatoms. The minimum absolute atomic E-state index is 0.963. The molecule has 3 nitrogen and oxygen atoms in total. The van der Waals surface area contributed by atoms with Crippen LogP contribution in [0.3, 0.4) is 0 Å². The van der Waals surface area contributed by atoms with Crippen LogP contribution in [-0.4, -0.2) is 29.2 Å². The summed E-state index contributed by atoms with van der Waals surface area (Å²) in [7, 11) is 4.21. The Hall–Kier alpha value is -2.13. The molecule has 0 saturated carbocycles. The third kappa shape index (κ3) is 2.73. The Labute approximate surface area is 119 Å². The Kier molecular flexibility index (Phi) is 3.52. The number of fused-ring (bicyclic) bond motifs is 1. The highest BCUT2D eigenvalue weighted by atomic mass is 15.1. The maximum Gasteiger partial charge on any atom is 0.0650 e. The number of aromatic nitrogens is 2. The zero-order valence-corrected chi connectivity index (χ0v) is 11.9. The first-order chi connectivity index (χ1) is 9.72. The molecule has 0 fully saturated rings. The smallest absolute Gasteiger partial charge is 0.0650 e. The number of benzene rings is 2. The molecule has 0 saturated heterocycles. The van der Waals surface area contributed by atoms with Gasteiger partial charge in [-0.2, -0.15) is 5.10 Å². The van der Waals surface area contributed by atoms with Crippen LogP contribution in [0, 0.1) is 0 Å².